The molecular weight excluding hydrogens is 380 g/mol. The number of aromatic nitrogens is 3. The molecule has 1 N–H and O–H groups in total. The predicted molar refractivity (Wildman–Crippen MR) is 98.9 cm³/mol. The Morgan fingerprint density at radius 2 is 2.04 bits per heavy atom. The van der Waals surface area contributed by atoms with Gasteiger partial charge in [-0.1, -0.05) is 34.1 Å². The molecule has 0 atom stereocenters. The van der Waals surface area contributed by atoms with Crippen LogP contribution in [0.25, 0.3) is 11.3 Å². The summed E-state index contributed by atoms with van der Waals surface area (Å²) in [5.41, 5.74) is 3.31. The summed E-state index contributed by atoms with van der Waals surface area (Å²) in [4.78, 5) is 19.0. The number of carbonyl (C=O) groups excluding carboxylic acids is 1. The SMILES string of the molecule is O=C(c1cc(-c2ccc(Br)cc2)n[nH]1)N(Cc1cccnc1)C1CC1. The van der Waals surface area contributed by atoms with Crippen LogP contribution in [0.5, 0.6) is 0 Å². The van der Waals surface area contributed by atoms with Gasteiger partial charge >= 0.3 is 0 Å². The third-order valence-electron chi connectivity index (χ3n) is 4.27. The number of hydrogen-bond donors (Lipinski definition) is 1. The molecule has 126 valence electrons. The normalized spacial score (nSPS) is 13.6. The largest absolute Gasteiger partial charge is 0.330 e. The lowest BCUT2D eigenvalue weighted by Gasteiger charge is -2.21. The fraction of sp³-hybridized carbons (Fsp3) is 0.211. The Labute approximate surface area is 154 Å². The molecule has 1 fully saturated rings. The second-order valence-corrected chi connectivity index (χ2v) is 7.11. The second-order valence-electron chi connectivity index (χ2n) is 6.20. The first-order valence-electron chi connectivity index (χ1n) is 8.22. The molecule has 0 saturated heterocycles. The highest BCUT2D eigenvalue weighted by Crippen LogP contribution is 2.30. The fourth-order valence-electron chi connectivity index (χ4n) is 2.80. The summed E-state index contributed by atoms with van der Waals surface area (Å²) in [6.45, 7) is 0.573. The summed E-state index contributed by atoms with van der Waals surface area (Å²) in [5, 5.41) is 7.21. The number of pyridine rings is 1. The van der Waals surface area contributed by atoms with Gasteiger partial charge in [-0.25, -0.2) is 0 Å². The Hall–Kier alpha value is -2.47. The number of aromatic amines is 1. The molecule has 0 radical (unpaired) electrons. The van der Waals surface area contributed by atoms with E-state index in [4.69, 9.17) is 0 Å². The minimum absolute atomic E-state index is 0.0118. The molecule has 1 saturated carbocycles. The van der Waals surface area contributed by atoms with E-state index < -0.39 is 0 Å². The maximum absolute atomic E-state index is 13.0. The molecule has 0 unspecified atom stereocenters. The molecule has 6 heteroatoms. The van der Waals surface area contributed by atoms with Crippen LogP contribution in [-0.2, 0) is 6.54 Å². The molecule has 25 heavy (non-hydrogen) atoms. The van der Waals surface area contributed by atoms with Gasteiger partial charge in [0.1, 0.15) is 5.69 Å². The van der Waals surface area contributed by atoms with Gasteiger partial charge in [-0.2, -0.15) is 5.10 Å². The quantitative estimate of drug-likeness (QED) is 0.707. The lowest BCUT2D eigenvalue weighted by Crippen LogP contribution is -2.32. The van der Waals surface area contributed by atoms with Crippen molar-refractivity contribution in [1.29, 1.82) is 0 Å². The summed E-state index contributed by atoms with van der Waals surface area (Å²) in [7, 11) is 0. The molecule has 3 aromatic rings. The Morgan fingerprint density at radius 3 is 2.72 bits per heavy atom. The Kier molecular flexibility index (Phi) is 4.36. The number of hydrogen-bond acceptors (Lipinski definition) is 3. The van der Waals surface area contributed by atoms with Crippen LogP contribution in [0.15, 0.2) is 59.3 Å². The molecule has 1 aliphatic carbocycles. The third-order valence-corrected chi connectivity index (χ3v) is 4.80. The summed E-state index contributed by atoms with van der Waals surface area (Å²) < 4.78 is 1.01. The van der Waals surface area contributed by atoms with E-state index in [1.807, 2.05) is 53.6 Å². The van der Waals surface area contributed by atoms with Gasteiger partial charge in [0.25, 0.3) is 5.91 Å². The van der Waals surface area contributed by atoms with Crippen LogP contribution in [-0.4, -0.2) is 32.0 Å². The average molecular weight is 397 g/mol. The predicted octanol–water partition coefficient (Wildman–Crippen LogP) is 4.04. The molecule has 1 aliphatic rings. The number of rotatable bonds is 5. The standard InChI is InChI=1S/C19H17BrN4O/c20-15-5-3-14(4-6-15)17-10-18(23-22-17)19(25)24(16-7-8-16)12-13-2-1-9-21-11-13/h1-6,9-11,16H,7-8,12H2,(H,22,23). The molecule has 2 heterocycles. The zero-order valence-electron chi connectivity index (χ0n) is 13.5. The van der Waals surface area contributed by atoms with Crippen molar-refractivity contribution in [3.8, 4) is 11.3 Å². The van der Waals surface area contributed by atoms with Crippen LogP contribution in [0.2, 0.25) is 0 Å². The van der Waals surface area contributed by atoms with Crippen LogP contribution >= 0.6 is 15.9 Å². The molecule has 0 bridgehead atoms. The monoisotopic (exact) mass is 396 g/mol. The van der Waals surface area contributed by atoms with Crippen molar-refractivity contribution in [3.63, 3.8) is 0 Å². The van der Waals surface area contributed by atoms with Crippen molar-refractivity contribution >= 4 is 21.8 Å². The van der Waals surface area contributed by atoms with Crippen LogP contribution in [0, 0.1) is 0 Å². The molecule has 1 amide bonds. The first-order chi connectivity index (χ1) is 12.2. The number of nitrogens with zero attached hydrogens (tertiary/aromatic N) is 3. The van der Waals surface area contributed by atoms with Gasteiger partial charge in [-0.05, 0) is 42.7 Å². The minimum atomic E-state index is -0.0118. The zero-order valence-corrected chi connectivity index (χ0v) is 15.1. The topological polar surface area (TPSA) is 61.9 Å². The number of halogens is 1. The smallest absolute Gasteiger partial charge is 0.272 e. The Balaban J connectivity index is 1.55. The van der Waals surface area contributed by atoms with Gasteiger partial charge in [-0.15, -0.1) is 0 Å². The summed E-state index contributed by atoms with van der Waals surface area (Å²) in [6.07, 6.45) is 5.66. The molecule has 0 aliphatic heterocycles. The van der Waals surface area contributed by atoms with E-state index in [9.17, 15) is 4.79 Å². The van der Waals surface area contributed by atoms with Crippen LogP contribution in [0.4, 0.5) is 0 Å². The molecule has 2 aromatic heterocycles. The number of benzene rings is 1. The average Bonchev–Trinajstić information content (AvgIpc) is 3.37. The van der Waals surface area contributed by atoms with Gasteiger partial charge in [0.15, 0.2) is 0 Å². The van der Waals surface area contributed by atoms with E-state index in [1.54, 1.807) is 6.20 Å². The van der Waals surface area contributed by atoms with Crippen molar-refractivity contribution in [2.24, 2.45) is 0 Å². The maximum Gasteiger partial charge on any atom is 0.272 e. The highest BCUT2D eigenvalue weighted by atomic mass is 79.9. The molecule has 5 nitrogen and oxygen atoms in total. The Morgan fingerprint density at radius 1 is 1.24 bits per heavy atom. The third kappa shape index (κ3) is 3.64. The van der Waals surface area contributed by atoms with Gasteiger partial charge in [0, 0.05) is 35.0 Å². The van der Waals surface area contributed by atoms with Crippen LogP contribution in [0.3, 0.4) is 0 Å². The molecule has 1 aromatic carbocycles. The number of nitrogens with one attached hydrogen (secondary N) is 1. The Bertz CT molecular complexity index is 872. The maximum atomic E-state index is 13.0. The summed E-state index contributed by atoms with van der Waals surface area (Å²) >= 11 is 3.43. The van der Waals surface area contributed by atoms with Gasteiger partial charge in [0.2, 0.25) is 0 Å². The number of amides is 1. The molecule has 0 spiro atoms. The highest BCUT2D eigenvalue weighted by Gasteiger charge is 2.33. The second kappa shape index (κ2) is 6.80. The number of carbonyl (C=O) groups is 1. The van der Waals surface area contributed by atoms with Gasteiger partial charge < -0.3 is 4.90 Å². The first kappa shape index (κ1) is 16.0. The van der Waals surface area contributed by atoms with Crippen LogP contribution < -0.4 is 0 Å². The van der Waals surface area contributed by atoms with Gasteiger partial charge in [0.05, 0.1) is 5.69 Å². The van der Waals surface area contributed by atoms with Crippen molar-refractivity contribution in [2.75, 3.05) is 0 Å². The highest BCUT2D eigenvalue weighted by molar-refractivity contribution is 9.10. The summed E-state index contributed by atoms with van der Waals surface area (Å²) in [6, 6.07) is 13.9. The van der Waals surface area contributed by atoms with Crippen LogP contribution in [0.1, 0.15) is 28.9 Å². The van der Waals surface area contributed by atoms with Crippen molar-refractivity contribution in [1.82, 2.24) is 20.1 Å². The van der Waals surface area contributed by atoms with E-state index >= 15 is 0 Å². The molecule has 4 rings (SSSR count). The van der Waals surface area contributed by atoms with Crippen molar-refractivity contribution in [3.05, 3.63) is 70.6 Å². The summed E-state index contributed by atoms with van der Waals surface area (Å²) in [5.74, 6) is -0.0118. The number of H-pyrrole nitrogens is 1. The zero-order chi connectivity index (χ0) is 17.2. The van der Waals surface area contributed by atoms with E-state index in [0.29, 0.717) is 18.3 Å². The van der Waals surface area contributed by atoms with Gasteiger partial charge in [-0.3, -0.25) is 14.9 Å². The van der Waals surface area contributed by atoms with E-state index in [1.165, 1.54) is 0 Å². The first-order valence-corrected chi connectivity index (χ1v) is 9.01. The van der Waals surface area contributed by atoms with E-state index in [-0.39, 0.29) is 5.91 Å². The van der Waals surface area contributed by atoms with E-state index in [0.717, 1.165) is 34.1 Å². The van der Waals surface area contributed by atoms with E-state index in [2.05, 4.69) is 31.1 Å². The fourth-order valence-corrected chi connectivity index (χ4v) is 3.06. The van der Waals surface area contributed by atoms with Crippen molar-refractivity contribution in [2.45, 2.75) is 25.4 Å². The lowest BCUT2D eigenvalue weighted by atomic mass is 10.1. The van der Waals surface area contributed by atoms with Crippen molar-refractivity contribution < 1.29 is 4.79 Å². The lowest BCUT2D eigenvalue weighted by molar-refractivity contribution is 0.0723. The molecular formula is C19H17BrN4O. The minimum Gasteiger partial charge on any atom is -0.330 e.